The number of phenolic OH excluding ortho intramolecular Hbond substituents is 1. The van der Waals surface area contributed by atoms with Crippen LogP contribution in [-0.4, -0.2) is 47.0 Å². The number of hydrogen-bond acceptors (Lipinski definition) is 8. The Labute approximate surface area is 190 Å². The second-order valence-electron chi connectivity index (χ2n) is 7.99. The number of allylic oxidation sites excluding steroid dienone is 2. The third-order valence-corrected chi connectivity index (χ3v) is 6.25. The molecular weight excluding hydrogens is 424 g/mol. The molecule has 170 valence electrons. The van der Waals surface area contributed by atoms with E-state index in [0.717, 1.165) is 11.3 Å². The highest BCUT2D eigenvalue weighted by Crippen LogP contribution is 2.47. The summed E-state index contributed by atoms with van der Waals surface area (Å²) in [5.41, 5.74) is 2.90. The van der Waals surface area contributed by atoms with Crippen molar-refractivity contribution >= 4 is 11.7 Å². The number of carbonyl (C=O) groups excluding carboxylic acids is 1. The van der Waals surface area contributed by atoms with Gasteiger partial charge in [-0.25, -0.2) is 4.68 Å². The van der Waals surface area contributed by atoms with Gasteiger partial charge < -0.3 is 24.6 Å². The highest BCUT2D eigenvalue weighted by molar-refractivity contribution is 6.00. The molecule has 9 heteroatoms. The Morgan fingerprint density at radius 3 is 2.45 bits per heavy atom. The van der Waals surface area contributed by atoms with Crippen molar-refractivity contribution in [2.75, 3.05) is 26.6 Å². The van der Waals surface area contributed by atoms with E-state index in [1.807, 2.05) is 18.2 Å². The lowest BCUT2D eigenvalue weighted by Gasteiger charge is -2.35. The van der Waals surface area contributed by atoms with E-state index in [0.29, 0.717) is 47.2 Å². The summed E-state index contributed by atoms with van der Waals surface area (Å²) in [6.07, 6.45) is 2.32. The molecule has 3 aromatic rings. The molecule has 33 heavy (non-hydrogen) atoms. The number of benzene rings is 2. The number of fused-ring (bicyclic) bond motifs is 1. The number of nitrogens with one attached hydrogen (secondary N) is 1. The minimum atomic E-state index is -0.548. The van der Waals surface area contributed by atoms with Gasteiger partial charge in [0.15, 0.2) is 17.3 Å². The van der Waals surface area contributed by atoms with E-state index in [2.05, 4.69) is 15.4 Å². The Morgan fingerprint density at radius 1 is 1.06 bits per heavy atom. The van der Waals surface area contributed by atoms with Gasteiger partial charge in [-0.2, -0.15) is 10.1 Å². The van der Waals surface area contributed by atoms with Crippen molar-refractivity contribution in [2.45, 2.75) is 24.8 Å². The van der Waals surface area contributed by atoms with Gasteiger partial charge in [0.2, 0.25) is 11.7 Å². The van der Waals surface area contributed by atoms with E-state index in [-0.39, 0.29) is 17.5 Å². The van der Waals surface area contributed by atoms with Crippen LogP contribution in [-0.2, 0) is 4.79 Å². The van der Waals surface area contributed by atoms with Crippen LogP contribution in [0.1, 0.15) is 35.9 Å². The van der Waals surface area contributed by atoms with E-state index >= 15 is 0 Å². The zero-order valence-corrected chi connectivity index (χ0v) is 18.5. The largest absolute Gasteiger partial charge is 0.508 e. The number of para-hydroxylation sites is 1. The normalized spacial score (nSPS) is 19.4. The number of anilines is 1. The predicted molar refractivity (Wildman–Crippen MR) is 120 cm³/mol. The zero-order valence-electron chi connectivity index (χ0n) is 18.5. The Kier molecular flexibility index (Phi) is 5.16. The molecule has 1 aliphatic heterocycles. The summed E-state index contributed by atoms with van der Waals surface area (Å²) in [6.45, 7) is 0. The summed E-state index contributed by atoms with van der Waals surface area (Å²) in [5.74, 6) is 2.12. The fourth-order valence-electron chi connectivity index (χ4n) is 4.73. The number of ether oxygens (including phenoxy) is 3. The van der Waals surface area contributed by atoms with Crippen LogP contribution in [0.4, 0.5) is 5.95 Å². The summed E-state index contributed by atoms with van der Waals surface area (Å²) in [5, 5.41) is 18.2. The third-order valence-electron chi connectivity index (χ3n) is 6.25. The number of rotatable bonds is 5. The minimum Gasteiger partial charge on any atom is -0.508 e. The van der Waals surface area contributed by atoms with Gasteiger partial charge in [-0.3, -0.25) is 4.79 Å². The molecule has 0 unspecified atom stereocenters. The molecule has 2 atom stereocenters. The van der Waals surface area contributed by atoms with Crippen LogP contribution in [0.25, 0.3) is 0 Å². The number of aromatic hydroxyl groups is 1. The van der Waals surface area contributed by atoms with E-state index in [9.17, 15) is 9.90 Å². The smallest absolute Gasteiger partial charge is 0.226 e. The first-order chi connectivity index (χ1) is 16.0. The van der Waals surface area contributed by atoms with Crippen LogP contribution in [0.5, 0.6) is 23.0 Å². The molecule has 0 bridgehead atoms. The Bertz CT molecular complexity index is 1240. The van der Waals surface area contributed by atoms with Crippen LogP contribution >= 0.6 is 0 Å². The van der Waals surface area contributed by atoms with Gasteiger partial charge in [-0.15, -0.1) is 0 Å². The summed E-state index contributed by atoms with van der Waals surface area (Å²) < 4.78 is 18.1. The number of carbonyl (C=O) groups is 1. The van der Waals surface area contributed by atoms with Crippen molar-refractivity contribution in [3.05, 3.63) is 65.1 Å². The molecule has 0 saturated heterocycles. The molecule has 1 aliphatic carbocycles. The molecule has 0 saturated carbocycles. The molecule has 2 N–H and O–H groups in total. The quantitative estimate of drug-likeness (QED) is 0.611. The number of phenols is 1. The van der Waals surface area contributed by atoms with Crippen molar-refractivity contribution in [3.8, 4) is 23.0 Å². The maximum atomic E-state index is 13.5. The number of ketones is 1. The highest BCUT2D eigenvalue weighted by Gasteiger charge is 2.40. The van der Waals surface area contributed by atoms with Crippen molar-refractivity contribution in [3.63, 3.8) is 0 Å². The monoisotopic (exact) mass is 448 g/mol. The summed E-state index contributed by atoms with van der Waals surface area (Å²) in [7, 11) is 4.70. The average Bonchev–Trinajstić information content (AvgIpc) is 3.30. The van der Waals surface area contributed by atoms with Gasteiger partial charge >= 0.3 is 0 Å². The van der Waals surface area contributed by atoms with E-state index in [4.69, 9.17) is 14.2 Å². The molecule has 0 spiro atoms. The maximum Gasteiger partial charge on any atom is 0.226 e. The van der Waals surface area contributed by atoms with E-state index in [1.54, 1.807) is 44.2 Å². The molecule has 9 nitrogen and oxygen atoms in total. The van der Waals surface area contributed by atoms with Crippen molar-refractivity contribution in [2.24, 2.45) is 0 Å². The van der Waals surface area contributed by atoms with Crippen molar-refractivity contribution in [1.29, 1.82) is 0 Å². The van der Waals surface area contributed by atoms with Crippen molar-refractivity contribution < 1.29 is 24.1 Å². The molecule has 2 heterocycles. The first kappa shape index (κ1) is 20.9. The average molecular weight is 448 g/mol. The van der Waals surface area contributed by atoms with E-state index in [1.165, 1.54) is 6.33 Å². The molecule has 0 amide bonds. The number of hydrogen-bond donors (Lipinski definition) is 2. The first-order valence-electron chi connectivity index (χ1n) is 10.6. The summed E-state index contributed by atoms with van der Waals surface area (Å²) >= 11 is 0. The second-order valence-corrected chi connectivity index (χ2v) is 7.99. The molecule has 2 aromatic carbocycles. The van der Waals surface area contributed by atoms with Crippen LogP contribution in [0.2, 0.25) is 0 Å². The lowest BCUT2D eigenvalue weighted by atomic mass is 9.77. The van der Waals surface area contributed by atoms with Gasteiger partial charge in [-0.1, -0.05) is 18.2 Å². The molecule has 5 rings (SSSR count). The molecule has 1 aromatic heterocycles. The Balaban J connectivity index is 1.59. The first-order valence-corrected chi connectivity index (χ1v) is 10.6. The lowest BCUT2D eigenvalue weighted by molar-refractivity contribution is -0.116. The molecular formula is C24H24N4O5. The number of methoxy groups -OCH3 is 3. The number of aromatic nitrogens is 3. The molecule has 0 fully saturated rings. The Morgan fingerprint density at radius 2 is 1.79 bits per heavy atom. The second kappa shape index (κ2) is 8.16. The number of nitrogens with zero attached hydrogens (tertiary/aromatic N) is 3. The minimum absolute atomic E-state index is 0.0168. The predicted octanol–water partition coefficient (Wildman–Crippen LogP) is 3.43. The third kappa shape index (κ3) is 3.36. The van der Waals surface area contributed by atoms with Gasteiger partial charge in [0, 0.05) is 23.3 Å². The Hall–Kier alpha value is -4.01. The van der Waals surface area contributed by atoms with Gasteiger partial charge in [-0.05, 0) is 36.1 Å². The van der Waals surface area contributed by atoms with Crippen molar-refractivity contribution in [1.82, 2.24) is 14.8 Å². The van der Waals surface area contributed by atoms with Crippen LogP contribution in [0.3, 0.4) is 0 Å². The molecule has 2 aliphatic rings. The van der Waals surface area contributed by atoms with Crippen LogP contribution < -0.4 is 19.5 Å². The number of Topliss-reactive ketones (excluding diaryl/α,β-unsaturated/α-hetero) is 1. The maximum absolute atomic E-state index is 13.5. The van der Waals surface area contributed by atoms with Crippen LogP contribution in [0, 0.1) is 0 Å². The lowest BCUT2D eigenvalue weighted by Crippen LogP contribution is -2.33. The fraction of sp³-hybridized carbons (Fsp3) is 0.292. The van der Waals surface area contributed by atoms with Gasteiger partial charge in [0.1, 0.15) is 18.1 Å². The summed E-state index contributed by atoms with van der Waals surface area (Å²) in [6, 6.07) is 10.2. The topological polar surface area (TPSA) is 108 Å². The van der Waals surface area contributed by atoms with Gasteiger partial charge in [0.05, 0.1) is 21.3 Å². The standard InChI is InChI=1S/C24H24N4O5/c1-31-19-10-14(11-20(32-2)23(19)33-3)13-8-16-21(18(30)9-13)22(15-6-4-5-7-17(15)29)28-24(27-16)25-12-26-28/h4-7,10-13,22,29H,8-9H2,1-3H3,(H,25,26,27)/t13-,22-/m1/s1. The summed E-state index contributed by atoms with van der Waals surface area (Å²) in [4.78, 5) is 17.9. The highest BCUT2D eigenvalue weighted by atomic mass is 16.5. The van der Waals surface area contributed by atoms with Crippen LogP contribution in [0.15, 0.2) is 54.0 Å². The van der Waals surface area contributed by atoms with E-state index < -0.39 is 6.04 Å². The van der Waals surface area contributed by atoms with Gasteiger partial charge in [0.25, 0.3) is 0 Å². The molecule has 0 radical (unpaired) electrons. The fourth-order valence-corrected chi connectivity index (χ4v) is 4.73. The SMILES string of the molecule is COc1cc([C@H]2CC(=O)C3=C(C2)Nc2ncnn2[C@@H]3c2ccccc2O)cc(OC)c1OC. The zero-order chi connectivity index (χ0) is 23.1.